The van der Waals surface area contributed by atoms with Gasteiger partial charge in [0.05, 0.1) is 9.79 Å². The van der Waals surface area contributed by atoms with Gasteiger partial charge < -0.3 is 9.84 Å². The van der Waals surface area contributed by atoms with Gasteiger partial charge in [0, 0.05) is 16.1 Å². The van der Waals surface area contributed by atoms with Crippen LogP contribution in [0.3, 0.4) is 0 Å². The van der Waals surface area contributed by atoms with Crippen LogP contribution in [0.1, 0.15) is 0 Å². The van der Waals surface area contributed by atoms with Gasteiger partial charge in [-0.3, -0.25) is 0 Å². The van der Waals surface area contributed by atoms with Gasteiger partial charge >= 0.3 is 5.97 Å². The molecule has 150 valence electrons. The Hall–Kier alpha value is -2.97. The zero-order valence-corrected chi connectivity index (χ0v) is 16.2. The van der Waals surface area contributed by atoms with Crippen molar-refractivity contribution < 1.29 is 31.8 Å². The van der Waals surface area contributed by atoms with Gasteiger partial charge in [0.15, 0.2) is 6.61 Å². The average Bonchev–Trinajstić information content (AvgIpc) is 2.67. The largest absolute Gasteiger partial charge is 0.481 e. The summed E-state index contributed by atoms with van der Waals surface area (Å²) in [5.41, 5.74) is 0.146. The predicted octanol–water partition coefficient (Wildman–Crippen LogP) is 4.58. The molecule has 3 rings (SSSR count). The molecule has 0 aliphatic heterocycles. The van der Waals surface area contributed by atoms with Crippen LogP contribution >= 0.6 is 11.6 Å². The Labute approximate surface area is 170 Å². The van der Waals surface area contributed by atoms with E-state index in [1.165, 1.54) is 30.3 Å². The van der Waals surface area contributed by atoms with Crippen LogP contribution in [0.5, 0.6) is 5.75 Å². The fourth-order valence-electron chi connectivity index (χ4n) is 2.61. The lowest BCUT2D eigenvalue weighted by atomic mass is 10.0. The van der Waals surface area contributed by atoms with Crippen molar-refractivity contribution in [1.29, 1.82) is 0 Å². The summed E-state index contributed by atoms with van der Waals surface area (Å²) < 4.78 is 58.3. The Kier molecular flexibility index (Phi) is 5.86. The lowest BCUT2D eigenvalue weighted by Gasteiger charge is -2.13. The second kappa shape index (κ2) is 8.18. The highest BCUT2D eigenvalue weighted by molar-refractivity contribution is 7.91. The fourth-order valence-corrected chi connectivity index (χ4v) is 4.05. The zero-order chi connectivity index (χ0) is 21.2. The molecule has 3 aromatic rings. The first kappa shape index (κ1) is 20.8. The van der Waals surface area contributed by atoms with E-state index >= 15 is 0 Å². The van der Waals surface area contributed by atoms with E-state index in [1.54, 1.807) is 0 Å². The standard InChI is InChI=1S/C20H13ClF2O5S/c21-12-1-8-19(28-11-20(24)25)17(9-12)16-7-6-15(10-18(16)23)29(26,27)14-4-2-13(22)3-5-14/h1-10H,11H2,(H,24,25). The maximum atomic E-state index is 14.8. The third kappa shape index (κ3) is 4.55. The number of ether oxygens (including phenoxy) is 1. The third-order valence-electron chi connectivity index (χ3n) is 3.96. The Morgan fingerprint density at radius 1 is 0.931 bits per heavy atom. The van der Waals surface area contributed by atoms with Gasteiger partial charge in [-0.25, -0.2) is 22.0 Å². The molecule has 0 aromatic heterocycles. The number of carboxylic acids is 1. The first-order valence-corrected chi connectivity index (χ1v) is 9.99. The van der Waals surface area contributed by atoms with E-state index in [0.717, 1.165) is 30.3 Å². The normalized spacial score (nSPS) is 11.3. The zero-order valence-electron chi connectivity index (χ0n) is 14.6. The summed E-state index contributed by atoms with van der Waals surface area (Å²) >= 11 is 5.96. The van der Waals surface area contributed by atoms with Gasteiger partial charge in [0.2, 0.25) is 9.84 Å². The number of carboxylic acid groups (broad SMARTS) is 1. The highest BCUT2D eigenvalue weighted by Gasteiger charge is 2.21. The van der Waals surface area contributed by atoms with Gasteiger partial charge in [-0.2, -0.15) is 0 Å². The molecule has 0 bridgehead atoms. The van der Waals surface area contributed by atoms with Gasteiger partial charge in [-0.1, -0.05) is 11.6 Å². The number of sulfone groups is 1. The predicted molar refractivity (Wildman–Crippen MR) is 102 cm³/mol. The second-order valence-corrected chi connectivity index (χ2v) is 8.31. The van der Waals surface area contributed by atoms with Crippen LogP contribution < -0.4 is 4.74 Å². The molecule has 0 radical (unpaired) electrons. The van der Waals surface area contributed by atoms with Gasteiger partial charge in [-0.05, 0) is 60.7 Å². The maximum absolute atomic E-state index is 14.8. The molecule has 0 saturated carbocycles. The highest BCUT2D eigenvalue weighted by atomic mass is 35.5. The number of hydrogen-bond acceptors (Lipinski definition) is 4. The Morgan fingerprint density at radius 3 is 2.21 bits per heavy atom. The highest BCUT2D eigenvalue weighted by Crippen LogP contribution is 2.35. The summed E-state index contributed by atoms with van der Waals surface area (Å²) in [5.74, 6) is -2.62. The fraction of sp³-hybridized carbons (Fsp3) is 0.0500. The van der Waals surface area contributed by atoms with E-state index in [2.05, 4.69) is 0 Å². The van der Waals surface area contributed by atoms with Crippen molar-refractivity contribution in [1.82, 2.24) is 0 Å². The Morgan fingerprint density at radius 2 is 1.59 bits per heavy atom. The van der Waals surface area contributed by atoms with Crippen molar-refractivity contribution in [3.63, 3.8) is 0 Å². The number of carbonyl (C=O) groups is 1. The number of rotatable bonds is 6. The van der Waals surface area contributed by atoms with Crippen molar-refractivity contribution >= 4 is 27.4 Å². The van der Waals surface area contributed by atoms with Gasteiger partial charge in [0.1, 0.15) is 17.4 Å². The van der Waals surface area contributed by atoms with Crippen LogP contribution in [0.4, 0.5) is 8.78 Å². The van der Waals surface area contributed by atoms with Crippen LogP contribution in [0, 0.1) is 11.6 Å². The molecule has 0 atom stereocenters. The van der Waals surface area contributed by atoms with Crippen LogP contribution in [0.25, 0.3) is 11.1 Å². The van der Waals surface area contributed by atoms with Crippen LogP contribution in [0.2, 0.25) is 5.02 Å². The lowest BCUT2D eigenvalue weighted by Crippen LogP contribution is -2.10. The van der Waals surface area contributed by atoms with Crippen molar-refractivity contribution in [2.24, 2.45) is 0 Å². The minimum atomic E-state index is -4.06. The maximum Gasteiger partial charge on any atom is 0.341 e. The van der Waals surface area contributed by atoms with E-state index in [-0.39, 0.29) is 31.7 Å². The number of hydrogen-bond donors (Lipinski definition) is 1. The van der Waals surface area contributed by atoms with E-state index < -0.39 is 34.0 Å². The molecule has 0 unspecified atom stereocenters. The van der Waals surface area contributed by atoms with E-state index in [1.807, 2.05) is 0 Å². The van der Waals surface area contributed by atoms with Crippen LogP contribution in [-0.4, -0.2) is 26.1 Å². The molecule has 1 N–H and O–H groups in total. The minimum Gasteiger partial charge on any atom is -0.481 e. The van der Waals surface area contributed by atoms with Crippen LogP contribution in [0.15, 0.2) is 70.5 Å². The molecule has 0 fully saturated rings. The lowest BCUT2D eigenvalue weighted by molar-refractivity contribution is -0.139. The smallest absolute Gasteiger partial charge is 0.341 e. The molecule has 9 heteroatoms. The monoisotopic (exact) mass is 438 g/mol. The molecule has 0 saturated heterocycles. The molecule has 5 nitrogen and oxygen atoms in total. The first-order valence-electron chi connectivity index (χ1n) is 8.13. The van der Waals surface area contributed by atoms with Gasteiger partial charge in [0.25, 0.3) is 0 Å². The number of halogens is 3. The third-order valence-corrected chi connectivity index (χ3v) is 5.96. The molecular weight excluding hydrogens is 426 g/mol. The molecule has 29 heavy (non-hydrogen) atoms. The van der Waals surface area contributed by atoms with Gasteiger partial charge in [-0.15, -0.1) is 0 Å². The SMILES string of the molecule is O=C(O)COc1ccc(Cl)cc1-c1ccc(S(=O)(=O)c2ccc(F)cc2)cc1F. The average molecular weight is 439 g/mol. The van der Waals surface area contributed by atoms with E-state index in [0.29, 0.717) is 0 Å². The summed E-state index contributed by atoms with van der Waals surface area (Å²) in [6.45, 7) is -0.646. The molecule has 0 heterocycles. The quantitative estimate of drug-likeness (QED) is 0.570. The van der Waals surface area contributed by atoms with Crippen LogP contribution in [-0.2, 0) is 14.6 Å². The molecule has 0 spiro atoms. The first-order chi connectivity index (χ1) is 13.7. The molecule has 0 amide bonds. The van der Waals surface area contributed by atoms with E-state index in [4.69, 9.17) is 21.4 Å². The summed E-state index contributed by atoms with van der Waals surface area (Å²) in [5, 5.41) is 9.04. The molecule has 3 aromatic carbocycles. The summed E-state index contributed by atoms with van der Waals surface area (Å²) in [7, 11) is -4.06. The summed E-state index contributed by atoms with van der Waals surface area (Å²) in [6, 6.07) is 11.6. The summed E-state index contributed by atoms with van der Waals surface area (Å²) in [6.07, 6.45) is 0. The molecule has 0 aliphatic carbocycles. The molecular formula is C20H13ClF2O5S. The summed E-state index contributed by atoms with van der Waals surface area (Å²) in [4.78, 5) is 10.2. The second-order valence-electron chi connectivity index (χ2n) is 5.92. The van der Waals surface area contributed by atoms with E-state index in [9.17, 15) is 22.0 Å². The number of benzene rings is 3. The Balaban J connectivity index is 2.03. The number of aliphatic carboxylic acids is 1. The Bertz CT molecular complexity index is 1180. The van der Waals surface area contributed by atoms with Crippen molar-refractivity contribution in [3.8, 4) is 16.9 Å². The topological polar surface area (TPSA) is 80.7 Å². The van der Waals surface area contributed by atoms with Crippen molar-refractivity contribution in [3.05, 3.63) is 77.3 Å². The molecule has 0 aliphatic rings. The van der Waals surface area contributed by atoms with Crippen molar-refractivity contribution in [2.45, 2.75) is 9.79 Å². The minimum absolute atomic E-state index is 0.0223. The van der Waals surface area contributed by atoms with Crippen molar-refractivity contribution in [2.75, 3.05) is 6.61 Å².